The van der Waals surface area contributed by atoms with Gasteiger partial charge >= 0.3 is 0 Å². The Hall–Kier alpha value is -3.27. The Bertz CT molecular complexity index is 1500. The lowest BCUT2D eigenvalue weighted by Crippen LogP contribution is -2.53. The summed E-state index contributed by atoms with van der Waals surface area (Å²) in [6.45, 7) is 1.09. The van der Waals surface area contributed by atoms with Crippen molar-refractivity contribution in [3.63, 3.8) is 0 Å². The third-order valence-electron chi connectivity index (χ3n) is 7.38. The van der Waals surface area contributed by atoms with Crippen LogP contribution < -0.4 is 14.4 Å². The van der Waals surface area contributed by atoms with Gasteiger partial charge in [0.15, 0.2) is 0 Å². The van der Waals surface area contributed by atoms with E-state index < -0.39 is 28.5 Å². The molecule has 0 saturated heterocycles. The highest BCUT2D eigenvalue weighted by atomic mass is 35.5. The monoisotopic (exact) mass is 631 g/mol. The zero-order valence-electron chi connectivity index (χ0n) is 23.6. The molecular weight excluding hydrogens is 597 g/mol. The molecular formula is C31H35Cl2N3O5S. The second-order valence-corrected chi connectivity index (χ2v) is 13.0. The van der Waals surface area contributed by atoms with E-state index in [1.54, 1.807) is 61.5 Å². The smallest absolute Gasteiger partial charge is 0.264 e. The average Bonchev–Trinajstić information content (AvgIpc) is 2.99. The maximum atomic E-state index is 14.1. The number of rotatable bonds is 11. The summed E-state index contributed by atoms with van der Waals surface area (Å²) in [5.74, 6) is -0.658. The molecule has 0 bridgehead atoms. The van der Waals surface area contributed by atoms with Gasteiger partial charge in [-0.15, -0.1) is 0 Å². The van der Waals surface area contributed by atoms with Gasteiger partial charge in [-0.25, -0.2) is 8.42 Å². The molecule has 8 nitrogen and oxygen atoms in total. The molecule has 42 heavy (non-hydrogen) atoms. The number of hydrogen-bond donors (Lipinski definition) is 1. The van der Waals surface area contributed by atoms with Crippen LogP contribution in [0.25, 0.3) is 0 Å². The van der Waals surface area contributed by atoms with Gasteiger partial charge in [0, 0.05) is 22.6 Å². The summed E-state index contributed by atoms with van der Waals surface area (Å²) in [7, 11) is -2.85. The van der Waals surface area contributed by atoms with E-state index in [4.69, 9.17) is 27.9 Å². The van der Waals surface area contributed by atoms with Gasteiger partial charge in [0.05, 0.1) is 17.7 Å². The van der Waals surface area contributed by atoms with E-state index in [0.29, 0.717) is 10.6 Å². The normalized spacial score (nSPS) is 14.6. The van der Waals surface area contributed by atoms with Crippen molar-refractivity contribution in [2.24, 2.45) is 0 Å². The second kappa shape index (κ2) is 14.3. The summed E-state index contributed by atoms with van der Waals surface area (Å²) in [4.78, 5) is 29.0. The number of carbonyl (C=O) groups is 2. The fraction of sp³-hybridized carbons (Fsp3) is 0.355. The summed E-state index contributed by atoms with van der Waals surface area (Å²) in [6.07, 6.45) is 4.99. The van der Waals surface area contributed by atoms with Crippen molar-refractivity contribution < 1.29 is 22.7 Å². The summed E-state index contributed by atoms with van der Waals surface area (Å²) in [5.41, 5.74) is 0.801. The van der Waals surface area contributed by atoms with E-state index in [9.17, 15) is 18.0 Å². The van der Waals surface area contributed by atoms with Gasteiger partial charge in [-0.2, -0.15) is 0 Å². The van der Waals surface area contributed by atoms with Crippen LogP contribution in [0, 0.1) is 0 Å². The lowest BCUT2D eigenvalue weighted by Gasteiger charge is -2.33. The second-order valence-electron chi connectivity index (χ2n) is 10.3. The van der Waals surface area contributed by atoms with Crippen LogP contribution in [0.4, 0.5) is 5.69 Å². The largest absolute Gasteiger partial charge is 0.495 e. The number of nitrogens with one attached hydrogen (secondary N) is 1. The highest BCUT2D eigenvalue weighted by Gasteiger charge is 2.34. The van der Waals surface area contributed by atoms with Crippen molar-refractivity contribution in [1.82, 2.24) is 10.2 Å². The maximum absolute atomic E-state index is 14.1. The molecule has 1 N–H and O–H groups in total. The van der Waals surface area contributed by atoms with Crippen molar-refractivity contribution in [3.05, 3.63) is 88.4 Å². The molecule has 0 spiro atoms. The first-order valence-electron chi connectivity index (χ1n) is 13.9. The van der Waals surface area contributed by atoms with Gasteiger partial charge < -0.3 is 15.0 Å². The SMILES string of the molecule is COc1ccc(Cl)cc1N(CC(=O)N(Cc1cccc(Cl)c1)[C@H](C)C(=O)NC1CCCCC1)S(=O)(=O)c1ccccc1. The van der Waals surface area contributed by atoms with Gasteiger partial charge in [-0.1, -0.05) is 72.8 Å². The molecule has 2 amide bonds. The van der Waals surface area contributed by atoms with Crippen LogP contribution in [0.15, 0.2) is 77.7 Å². The van der Waals surface area contributed by atoms with Crippen LogP contribution in [-0.2, 0) is 26.2 Å². The fourth-order valence-electron chi connectivity index (χ4n) is 5.07. The van der Waals surface area contributed by atoms with Crippen molar-refractivity contribution in [1.29, 1.82) is 0 Å². The Balaban J connectivity index is 1.72. The molecule has 1 fully saturated rings. The molecule has 1 saturated carbocycles. The molecule has 224 valence electrons. The number of hydrogen-bond acceptors (Lipinski definition) is 5. The third kappa shape index (κ3) is 7.76. The summed E-state index contributed by atoms with van der Waals surface area (Å²) in [6, 6.07) is 18.5. The number of amides is 2. The van der Waals surface area contributed by atoms with Crippen LogP contribution in [0.1, 0.15) is 44.6 Å². The summed E-state index contributed by atoms with van der Waals surface area (Å²) < 4.78 is 34.4. The number of halogens is 2. The molecule has 1 aliphatic carbocycles. The number of benzene rings is 3. The van der Waals surface area contributed by atoms with E-state index in [-0.39, 0.29) is 39.8 Å². The van der Waals surface area contributed by atoms with Gasteiger partial charge in [0.25, 0.3) is 10.0 Å². The minimum atomic E-state index is -4.25. The molecule has 0 heterocycles. The predicted octanol–water partition coefficient (Wildman–Crippen LogP) is 6.06. The number of sulfonamides is 1. The first-order valence-corrected chi connectivity index (χ1v) is 16.1. The highest BCUT2D eigenvalue weighted by Crippen LogP contribution is 2.35. The topological polar surface area (TPSA) is 96.0 Å². The van der Waals surface area contributed by atoms with Crippen LogP contribution >= 0.6 is 23.2 Å². The predicted molar refractivity (Wildman–Crippen MR) is 165 cm³/mol. The number of nitrogens with zero attached hydrogens (tertiary/aromatic N) is 2. The molecule has 3 aromatic carbocycles. The van der Waals surface area contributed by atoms with Crippen LogP contribution in [-0.4, -0.2) is 50.9 Å². The average molecular weight is 633 g/mol. The Kier molecular flexibility index (Phi) is 10.8. The zero-order valence-corrected chi connectivity index (χ0v) is 26.0. The van der Waals surface area contributed by atoms with Crippen LogP contribution in [0.2, 0.25) is 10.0 Å². The molecule has 0 aromatic heterocycles. The minimum absolute atomic E-state index is 0.00990. The standard InChI is InChI=1S/C31H35Cl2N3O5S/c1-22(31(38)34-26-12-5-3-6-13-26)35(20-23-10-9-11-24(32)18-23)30(37)21-36(28-19-25(33)16-17-29(28)41-2)42(39,40)27-14-7-4-8-15-27/h4,7-11,14-19,22,26H,3,5-6,12-13,20-21H2,1-2H3,(H,34,38)/t22-/m1/s1. The molecule has 0 aliphatic heterocycles. The Morgan fingerprint density at radius 2 is 1.64 bits per heavy atom. The van der Waals surface area contributed by atoms with Gasteiger partial charge in [0.1, 0.15) is 18.3 Å². The molecule has 0 unspecified atom stereocenters. The minimum Gasteiger partial charge on any atom is -0.495 e. The van der Waals surface area contributed by atoms with Crippen LogP contribution in [0.3, 0.4) is 0 Å². The molecule has 1 atom stereocenters. The zero-order chi connectivity index (χ0) is 30.3. The molecule has 3 aromatic rings. The van der Waals surface area contributed by atoms with Crippen molar-refractivity contribution >= 4 is 50.7 Å². The molecule has 4 rings (SSSR count). The van der Waals surface area contributed by atoms with E-state index in [1.807, 2.05) is 0 Å². The van der Waals surface area contributed by atoms with E-state index in [0.717, 1.165) is 36.4 Å². The number of methoxy groups -OCH3 is 1. The van der Waals surface area contributed by atoms with Gasteiger partial charge in [0.2, 0.25) is 11.8 Å². The van der Waals surface area contributed by atoms with Gasteiger partial charge in [-0.05, 0) is 67.8 Å². The van der Waals surface area contributed by atoms with Crippen molar-refractivity contribution in [3.8, 4) is 5.75 Å². The van der Waals surface area contributed by atoms with Crippen LogP contribution in [0.5, 0.6) is 5.75 Å². The number of ether oxygens (including phenoxy) is 1. The Labute approximate surface area is 257 Å². The summed E-state index contributed by atoms with van der Waals surface area (Å²) in [5, 5.41) is 3.84. The summed E-state index contributed by atoms with van der Waals surface area (Å²) >= 11 is 12.5. The molecule has 11 heteroatoms. The first-order chi connectivity index (χ1) is 20.1. The van der Waals surface area contributed by atoms with E-state index >= 15 is 0 Å². The van der Waals surface area contributed by atoms with Crippen molar-refractivity contribution in [2.75, 3.05) is 18.0 Å². The quantitative estimate of drug-likeness (QED) is 0.277. The highest BCUT2D eigenvalue weighted by molar-refractivity contribution is 7.92. The third-order valence-corrected chi connectivity index (χ3v) is 9.62. The number of anilines is 1. The van der Waals surface area contributed by atoms with Gasteiger partial charge in [-0.3, -0.25) is 13.9 Å². The lowest BCUT2D eigenvalue weighted by molar-refractivity contribution is -0.139. The number of carbonyl (C=O) groups excluding carboxylic acids is 2. The molecule has 0 radical (unpaired) electrons. The van der Waals surface area contributed by atoms with E-state index in [1.165, 1.54) is 30.2 Å². The van der Waals surface area contributed by atoms with E-state index in [2.05, 4.69) is 5.32 Å². The maximum Gasteiger partial charge on any atom is 0.264 e. The first kappa shape index (κ1) is 31.7. The van der Waals surface area contributed by atoms with Crippen molar-refractivity contribution in [2.45, 2.75) is 62.6 Å². The molecule has 1 aliphatic rings. The lowest BCUT2D eigenvalue weighted by atomic mass is 9.95. The fourth-order valence-corrected chi connectivity index (χ4v) is 6.89. The Morgan fingerprint density at radius 1 is 0.952 bits per heavy atom. The Morgan fingerprint density at radius 3 is 2.31 bits per heavy atom.